The van der Waals surface area contributed by atoms with E-state index in [-0.39, 0.29) is 29.5 Å². The second-order valence-electron chi connectivity index (χ2n) is 6.52. The minimum Gasteiger partial charge on any atom is -0.351 e. The maximum atomic E-state index is 12.0. The molecule has 0 bridgehead atoms. The molecule has 2 N–H and O–H groups in total. The average Bonchev–Trinajstić information content (AvgIpc) is 3.08. The van der Waals surface area contributed by atoms with Crippen LogP contribution < -0.4 is 10.6 Å². The predicted molar refractivity (Wildman–Crippen MR) is 103 cm³/mol. The Morgan fingerprint density at radius 2 is 1.85 bits per heavy atom. The van der Waals surface area contributed by atoms with Crippen LogP contribution in [0.4, 0.5) is 5.69 Å². The van der Waals surface area contributed by atoms with E-state index in [1.807, 2.05) is 56.5 Å². The summed E-state index contributed by atoms with van der Waals surface area (Å²) in [4.78, 5) is 23.7. The topological polar surface area (TPSA) is 88.9 Å². The lowest BCUT2D eigenvalue weighted by molar-refractivity contribution is -0.119. The molecule has 26 heavy (non-hydrogen) atoms. The van der Waals surface area contributed by atoms with Gasteiger partial charge in [0, 0.05) is 24.2 Å². The first-order valence-electron chi connectivity index (χ1n) is 8.55. The van der Waals surface area contributed by atoms with Crippen LogP contribution in [0.3, 0.4) is 0 Å². The van der Waals surface area contributed by atoms with E-state index in [0.717, 1.165) is 16.4 Å². The smallest absolute Gasteiger partial charge is 0.230 e. The maximum absolute atomic E-state index is 12.0. The molecule has 7 nitrogen and oxygen atoms in total. The Bertz CT molecular complexity index is 740. The molecule has 1 aromatic heterocycles. The van der Waals surface area contributed by atoms with E-state index < -0.39 is 0 Å². The van der Waals surface area contributed by atoms with Crippen LogP contribution >= 0.6 is 11.8 Å². The van der Waals surface area contributed by atoms with E-state index in [2.05, 4.69) is 20.8 Å². The van der Waals surface area contributed by atoms with Gasteiger partial charge in [-0.1, -0.05) is 37.7 Å². The summed E-state index contributed by atoms with van der Waals surface area (Å²) in [5.41, 5.74) is 1.72. The quantitative estimate of drug-likeness (QED) is 0.693. The van der Waals surface area contributed by atoms with Crippen LogP contribution in [0.25, 0.3) is 0 Å². The highest BCUT2D eigenvalue weighted by molar-refractivity contribution is 7.99. The number of nitrogens with zero attached hydrogens (tertiary/aromatic N) is 3. The molecule has 0 fully saturated rings. The van der Waals surface area contributed by atoms with Crippen LogP contribution in [0.15, 0.2) is 35.7 Å². The third-order valence-corrected chi connectivity index (χ3v) is 4.62. The van der Waals surface area contributed by atoms with Gasteiger partial charge in [0.1, 0.15) is 6.33 Å². The summed E-state index contributed by atoms with van der Waals surface area (Å²) >= 11 is 1.37. The zero-order chi connectivity index (χ0) is 19.1. The van der Waals surface area contributed by atoms with E-state index >= 15 is 0 Å². The molecule has 0 aliphatic heterocycles. The van der Waals surface area contributed by atoms with Crippen molar-refractivity contribution in [2.24, 2.45) is 5.92 Å². The number of benzene rings is 1. The zero-order valence-corrected chi connectivity index (χ0v) is 16.3. The van der Waals surface area contributed by atoms with E-state index in [9.17, 15) is 9.59 Å². The monoisotopic (exact) mass is 375 g/mol. The fraction of sp³-hybridized carbons (Fsp3) is 0.444. The number of amides is 2. The molecule has 0 unspecified atom stereocenters. The van der Waals surface area contributed by atoms with Crippen LogP contribution in [-0.2, 0) is 16.1 Å². The Hall–Kier alpha value is -2.35. The number of nitrogens with one attached hydrogen (secondary N) is 2. The first-order chi connectivity index (χ1) is 12.4. The van der Waals surface area contributed by atoms with Crippen LogP contribution in [0.2, 0.25) is 0 Å². The number of thioether (sulfide) groups is 1. The number of hydrogen-bond donors (Lipinski definition) is 2. The van der Waals surface area contributed by atoms with Crippen LogP contribution in [0, 0.1) is 5.92 Å². The number of rotatable bonds is 8. The Labute approximate surface area is 158 Å². The third kappa shape index (κ3) is 5.87. The number of anilines is 1. The van der Waals surface area contributed by atoms with Gasteiger partial charge in [0.15, 0.2) is 5.16 Å². The summed E-state index contributed by atoms with van der Waals surface area (Å²) in [6.07, 6.45) is 1.67. The molecule has 0 saturated heterocycles. The van der Waals surface area contributed by atoms with Gasteiger partial charge in [-0.3, -0.25) is 9.59 Å². The first-order valence-corrected chi connectivity index (χ1v) is 9.54. The molecule has 140 valence electrons. The van der Waals surface area contributed by atoms with Crippen LogP contribution in [-0.4, -0.2) is 32.3 Å². The molecule has 2 rings (SSSR count). The van der Waals surface area contributed by atoms with Crippen molar-refractivity contribution in [2.45, 2.75) is 45.4 Å². The fourth-order valence-corrected chi connectivity index (χ4v) is 2.94. The van der Waals surface area contributed by atoms with Gasteiger partial charge in [0.2, 0.25) is 11.8 Å². The van der Waals surface area contributed by atoms with Gasteiger partial charge in [0.05, 0.1) is 5.75 Å². The molecule has 1 heterocycles. The lowest BCUT2D eigenvalue weighted by Gasteiger charge is -2.10. The Morgan fingerprint density at radius 3 is 2.46 bits per heavy atom. The van der Waals surface area contributed by atoms with Gasteiger partial charge >= 0.3 is 0 Å². The fourth-order valence-electron chi connectivity index (χ4n) is 2.06. The predicted octanol–water partition coefficient (Wildman–Crippen LogP) is 2.86. The normalized spacial score (nSPS) is 11.0. The number of carbonyl (C=O) groups is 2. The number of hydrogen-bond acceptors (Lipinski definition) is 5. The van der Waals surface area contributed by atoms with E-state index in [1.54, 1.807) is 6.33 Å². The molecule has 0 aliphatic rings. The highest BCUT2D eigenvalue weighted by Gasteiger charge is 2.11. The minimum atomic E-state index is -0.0644. The maximum Gasteiger partial charge on any atom is 0.230 e. The number of aromatic nitrogens is 3. The van der Waals surface area contributed by atoms with E-state index in [4.69, 9.17) is 0 Å². The van der Waals surface area contributed by atoms with Crippen molar-refractivity contribution in [3.8, 4) is 0 Å². The van der Waals surface area contributed by atoms with E-state index in [0.29, 0.717) is 6.54 Å². The van der Waals surface area contributed by atoms with Crippen molar-refractivity contribution >= 4 is 29.3 Å². The largest absolute Gasteiger partial charge is 0.351 e. The molecule has 0 radical (unpaired) electrons. The lowest BCUT2D eigenvalue weighted by Crippen LogP contribution is -2.24. The van der Waals surface area contributed by atoms with Crippen molar-refractivity contribution in [3.05, 3.63) is 36.2 Å². The molecule has 1 aromatic carbocycles. The van der Waals surface area contributed by atoms with Crippen molar-refractivity contribution < 1.29 is 9.59 Å². The minimum absolute atomic E-state index is 0.0164. The second-order valence-corrected chi connectivity index (χ2v) is 7.46. The summed E-state index contributed by atoms with van der Waals surface area (Å²) in [6, 6.07) is 7.70. The Balaban J connectivity index is 1.78. The summed E-state index contributed by atoms with van der Waals surface area (Å²) in [5.74, 6) is 0.143. The highest BCUT2D eigenvalue weighted by Crippen LogP contribution is 2.18. The molecule has 0 aliphatic carbocycles. The van der Waals surface area contributed by atoms with Gasteiger partial charge in [-0.05, 0) is 31.5 Å². The second kappa shape index (κ2) is 9.38. The third-order valence-electron chi connectivity index (χ3n) is 3.66. The Morgan fingerprint density at radius 1 is 1.15 bits per heavy atom. The van der Waals surface area contributed by atoms with Crippen molar-refractivity contribution in [2.75, 3.05) is 11.1 Å². The standard InChI is InChI=1S/C18H25N5O2S/c1-12(2)17(25)21-15-7-5-14(6-8-15)9-19-16(24)10-26-18-22-20-11-23(18)13(3)4/h5-8,11-13H,9-10H2,1-4H3,(H,19,24)(H,21,25). The Kier molecular flexibility index (Phi) is 7.20. The van der Waals surface area contributed by atoms with Gasteiger partial charge in [-0.2, -0.15) is 0 Å². The van der Waals surface area contributed by atoms with Gasteiger partial charge in [0.25, 0.3) is 0 Å². The highest BCUT2D eigenvalue weighted by atomic mass is 32.2. The van der Waals surface area contributed by atoms with E-state index in [1.165, 1.54) is 11.8 Å². The van der Waals surface area contributed by atoms with Gasteiger partial charge in [-0.25, -0.2) is 0 Å². The average molecular weight is 375 g/mol. The molecule has 8 heteroatoms. The first kappa shape index (κ1) is 20.0. The molecule has 2 amide bonds. The molecular formula is C18H25N5O2S. The zero-order valence-electron chi connectivity index (χ0n) is 15.5. The van der Waals surface area contributed by atoms with Gasteiger partial charge in [-0.15, -0.1) is 10.2 Å². The molecular weight excluding hydrogens is 350 g/mol. The van der Waals surface area contributed by atoms with Crippen molar-refractivity contribution in [1.29, 1.82) is 0 Å². The van der Waals surface area contributed by atoms with Crippen LogP contribution in [0.1, 0.15) is 39.3 Å². The molecule has 0 spiro atoms. The lowest BCUT2D eigenvalue weighted by atomic mass is 10.1. The SMILES string of the molecule is CC(C)C(=O)Nc1ccc(CNC(=O)CSc2nncn2C(C)C)cc1. The van der Waals surface area contributed by atoms with Crippen LogP contribution in [0.5, 0.6) is 0 Å². The summed E-state index contributed by atoms with van der Waals surface area (Å²) in [5, 5.41) is 14.4. The van der Waals surface area contributed by atoms with Gasteiger partial charge < -0.3 is 15.2 Å². The molecule has 2 aromatic rings. The number of carbonyl (C=O) groups excluding carboxylic acids is 2. The summed E-state index contributed by atoms with van der Waals surface area (Å²) in [7, 11) is 0. The summed E-state index contributed by atoms with van der Waals surface area (Å²) < 4.78 is 1.93. The molecule has 0 saturated carbocycles. The summed E-state index contributed by atoms with van der Waals surface area (Å²) in [6.45, 7) is 8.22. The van der Waals surface area contributed by atoms with Crippen molar-refractivity contribution in [3.63, 3.8) is 0 Å². The molecule has 0 atom stereocenters. The van der Waals surface area contributed by atoms with Crippen molar-refractivity contribution in [1.82, 2.24) is 20.1 Å².